The fraction of sp³-hybridized carbons (Fsp3) is 0.800. The van der Waals surface area contributed by atoms with Crippen molar-refractivity contribution in [1.29, 1.82) is 0 Å². The maximum atomic E-state index is 13.5. The van der Waals surface area contributed by atoms with E-state index in [4.69, 9.17) is 14.2 Å². The molecule has 0 bridgehead atoms. The van der Waals surface area contributed by atoms with Crippen LogP contribution in [0.5, 0.6) is 0 Å². The van der Waals surface area contributed by atoms with Crippen molar-refractivity contribution < 1.29 is 28.6 Å². The van der Waals surface area contributed by atoms with E-state index >= 15 is 0 Å². The minimum absolute atomic E-state index is 0.00373. The number of unbranched alkanes of at least 4 members (excludes halogenated alkanes) is 18. The van der Waals surface area contributed by atoms with Gasteiger partial charge >= 0.3 is 5.97 Å². The predicted octanol–water partition coefficient (Wildman–Crippen LogP) is 13.3. The largest absolute Gasteiger partial charge is 0.464 e. The zero-order valence-electron chi connectivity index (χ0n) is 42.5. The third-order valence-corrected chi connectivity index (χ3v) is 11.7. The van der Waals surface area contributed by atoms with Gasteiger partial charge in [-0.3, -0.25) is 9.59 Å². The van der Waals surface area contributed by atoms with Crippen molar-refractivity contribution in [2.75, 3.05) is 53.2 Å². The summed E-state index contributed by atoms with van der Waals surface area (Å²) >= 11 is 0. The standard InChI is InChI=1S/C50H89N3O4.C5H12O2/c1-5-8-11-13-15-17-19-21-23-25-27-29-31-33-35-37-40-57-50(56)47-41-46(52-48(54)43-51-42-45(4)38-10-7-3)44-53(47)49(55)39-36-34-32-30-28-26-24-22-20-18-16-14-12-9-6-2;1-3-7-5-4-6-2/h15-18,21-24,45-47,51H,5-14,19-20,25-44H2,1-4H3,(H,52,54);3-5H2,1-2H3/b17-15-,18-16-,23-21-,24-22-;/t45-,46?,47?;/m1./s1. The summed E-state index contributed by atoms with van der Waals surface area (Å²) in [6, 6.07) is -0.878. The number of likely N-dealkylation sites (tertiary alicyclic amines) is 1. The molecule has 0 aromatic heterocycles. The molecule has 1 heterocycles. The number of amides is 2. The zero-order chi connectivity index (χ0) is 47.0. The lowest BCUT2D eigenvalue weighted by atomic mass is 10.0. The first kappa shape index (κ1) is 61.2. The van der Waals surface area contributed by atoms with Gasteiger partial charge < -0.3 is 29.7 Å². The molecule has 2 unspecified atom stereocenters. The van der Waals surface area contributed by atoms with Gasteiger partial charge in [-0.05, 0) is 103 Å². The van der Waals surface area contributed by atoms with Gasteiger partial charge in [-0.25, -0.2) is 4.79 Å². The third kappa shape index (κ3) is 39.6. The van der Waals surface area contributed by atoms with Gasteiger partial charge in [0.05, 0.1) is 26.4 Å². The highest BCUT2D eigenvalue weighted by molar-refractivity contribution is 5.86. The summed E-state index contributed by atoms with van der Waals surface area (Å²) in [6.07, 6.45) is 49.1. The van der Waals surface area contributed by atoms with Gasteiger partial charge in [-0.2, -0.15) is 0 Å². The van der Waals surface area contributed by atoms with Crippen LogP contribution in [0.2, 0.25) is 0 Å². The Morgan fingerprint density at radius 3 is 1.67 bits per heavy atom. The Hall–Kier alpha value is -2.75. The van der Waals surface area contributed by atoms with Crippen LogP contribution in [-0.4, -0.2) is 87.9 Å². The molecule has 0 spiro atoms. The summed E-state index contributed by atoms with van der Waals surface area (Å²) in [4.78, 5) is 41.3. The lowest BCUT2D eigenvalue weighted by Crippen LogP contribution is -2.43. The van der Waals surface area contributed by atoms with Crippen molar-refractivity contribution in [3.05, 3.63) is 48.6 Å². The van der Waals surface area contributed by atoms with E-state index in [1.165, 1.54) is 89.9 Å². The second-order valence-corrected chi connectivity index (χ2v) is 17.9. The number of hydrogen-bond acceptors (Lipinski definition) is 7. The van der Waals surface area contributed by atoms with Gasteiger partial charge in [0.25, 0.3) is 0 Å². The Bertz CT molecular complexity index is 1180. The first-order chi connectivity index (χ1) is 31.3. The monoisotopic (exact) mass is 900 g/mol. The number of carbonyl (C=O) groups is 3. The second-order valence-electron chi connectivity index (χ2n) is 17.9. The summed E-state index contributed by atoms with van der Waals surface area (Å²) in [5, 5.41) is 6.38. The molecule has 1 aliphatic heterocycles. The minimum atomic E-state index is -0.632. The summed E-state index contributed by atoms with van der Waals surface area (Å²) in [6.45, 7) is 14.9. The van der Waals surface area contributed by atoms with Gasteiger partial charge in [0, 0.05) is 39.1 Å². The topological polar surface area (TPSA) is 106 Å². The van der Waals surface area contributed by atoms with Gasteiger partial charge in [-0.15, -0.1) is 0 Å². The lowest BCUT2D eigenvalue weighted by molar-refractivity contribution is -0.153. The maximum absolute atomic E-state index is 13.5. The molecule has 0 saturated carbocycles. The lowest BCUT2D eigenvalue weighted by Gasteiger charge is -2.23. The number of ether oxygens (including phenoxy) is 3. The van der Waals surface area contributed by atoms with E-state index in [-0.39, 0.29) is 30.4 Å². The van der Waals surface area contributed by atoms with Crippen LogP contribution in [0, 0.1) is 5.92 Å². The van der Waals surface area contributed by atoms with Gasteiger partial charge in [0.15, 0.2) is 0 Å². The number of carbonyl (C=O) groups excluding carboxylic acids is 3. The van der Waals surface area contributed by atoms with Crippen LogP contribution >= 0.6 is 0 Å². The van der Waals surface area contributed by atoms with Crippen LogP contribution in [0.3, 0.4) is 0 Å². The molecule has 0 aromatic rings. The number of esters is 1. The molecular formula is C55H101N3O6. The van der Waals surface area contributed by atoms with E-state index in [0.29, 0.717) is 45.1 Å². The van der Waals surface area contributed by atoms with Gasteiger partial charge in [0.1, 0.15) is 6.04 Å². The number of rotatable bonds is 42. The van der Waals surface area contributed by atoms with E-state index in [1.54, 1.807) is 12.0 Å². The van der Waals surface area contributed by atoms with Crippen molar-refractivity contribution in [2.45, 2.75) is 226 Å². The average molecular weight is 900 g/mol. The second kappa shape index (κ2) is 48.2. The average Bonchev–Trinajstić information content (AvgIpc) is 3.72. The van der Waals surface area contributed by atoms with Crippen molar-refractivity contribution >= 4 is 17.8 Å². The van der Waals surface area contributed by atoms with Crippen LogP contribution < -0.4 is 10.6 Å². The molecule has 2 N–H and O–H groups in total. The van der Waals surface area contributed by atoms with Gasteiger partial charge in [0.2, 0.25) is 11.8 Å². The number of nitrogens with zero attached hydrogens (tertiary/aromatic N) is 1. The molecule has 9 heteroatoms. The quantitative estimate of drug-likeness (QED) is 0.0357. The summed E-state index contributed by atoms with van der Waals surface area (Å²) in [5.74, 6) is 0.108. The molecular weight excluding hydrogens is 799 g/mol. The van der Waals surface area contributed by atoms with Crippen molar-refractivity contribution in [2.24, 2.45) is 5.92 Å². The minimum Gasteiger partial charge on any atom is -0.464 e. The molecule has 3 atom stereocenters. The van der Waals surface area contributed by atoms with Crippen molar-refractivity contribution in [3.8, 4) is 0 Å². The Morgan fingerprint density at radius 1 is 0.625 bits per heavy atom. The Balaban J connectivity index is 0.00000520. The number of hydrogen-bond donors (Lipinski definition) is 2. The molecule has 1 aliphatic rings. The molecule has 372 valence electrons. The molecule has 1 fully saturated rings. The zero-order valence-corrected chi connectivity index (χ0v) is 42.5. The highest BCUT2D eigenvalue weighted by Crippen LogP contribution is 2.22. The van der Waals surface area contributed by atoms with Gasteiger partial charge in [-0.1, -0.05) is 160 Å². The predicted molar refractivity (Wildman–Crippen MR) is 272 cm³/mol. The third-order valence-electron chi connectivity index (χ3n) is 11.7. The molecule has 0 aromatic carbocycles. The molecule has 2 amide bonds. The van der Waals surface area contributed by atoms with Crippen LogP contribution in [-0.2, 0) is 28.6 Å². The Kier molecular flexibility index (Phi) is 46.1. The Labute approximate surface area is 394 Å². The first-order valence-corrected chi connectivity index (χ1v) is 26.5. The van der Waals surface area contributed by atoms with Crippen LogP contribution in [0.4, 0.5) is 0 Å². The summed E-state index contributed by atoms with van der Waals surface area (Å²) in [5.41, 5.74) is 0. The SMILES string of the molecule is CCCCC/C=C\C/C=C\CCCCCCCCOC(=O)C1CC(NC(=O)CNC[C@H](C)CCCC)CN1C(=O)CCCCCCC/C=C\C/C=C\CCCCC.CCOCCOC. The fourth-order valence-electron chi connectivity index (χ4n) is 7.68. The number of allylic oxidation sites excluding steroid dienone is 8. The normalized spacial score (nSPS) is 15.8. The first-order valence-electron chi connectivity index (χ1n) is 26.5. The molecule has 0 aliphatic carbocycles. The molecule has 64 heavy (non-hydrogen) atoms. The molecule has 9 nitrogen and oxygen atoms in total. The number of methoxy groups -OCH3 is 1. The Morgan fingerprint density at radius 2 is 1.14 bits per heavy atom. The van der Waals surface area contributed by atoms with Crippen molar-refractivity contribution in [3.63, 3.8) is 0 Å². The smallest absolute Gasteiger partial charge is 0.328 e. The molecule has 1 saturated heterocycles. The van der Waals surface area contributed by atoms with Crippen molar-refractivity contribution in [1.82, 2.24) is 15.5 Å². The molecule has 0 radical (unpaired) electrons. The highest BCUT2D eigenvalue weighted by atomic mass is 16.5. The summed E-state index contributed by atoms with van der Waals surface area (Å²) < 4.78 is 15.4. The van der Waals surface area contributed by atoms with Crippen LogP contribution in [0.1, 0.15) is 214 Å². The van der Waals surface area contributed by atoms with E-state index in [9.17, 15) is 14.4 Å². The van der Waals surface area contributed by atoms with E-state index in [1.807, 2.05) is 6.92 Å². The van der Waals surface area contributed by atoms with Crippen LogP contribution in [0.15, 0.2) is 48.6 Å². The number of nitrogens with one attached hydrogen (secondary N) is 2. The maximum Gasteiger partial charge on any atom is 0.328 e. The van der Waals surface area contributed by atoms with E-state index < -0.39 is 6.04 Å². The van der Waals surface area contributed by atoms with E-state index in [2.05, 4.69) is 86.9 Å². The molecule has 1 rings (SSSR count). The highest BCUT2D eigenvalue weighted by Gasteiger charge is 2.40. The fourth-order valence-corrected chi connectivity index (χ4v) is 7.68. The summed E-state index contributed by atoms with van der Waals surface area (Å²) in [7, 11) is 1.67. The van der Waals surface area contributed by atoms with Crippen LogP contribution in [0.25, 0.3) is 0 Å². The van der Waals surface area contributed by atoms with E-state index in [0.717, 1.165) is 90.2 Å².